The summed E-state index contributed by atoms with van der Waals surface area (Å²) in [5.74, 6) is 0.300. The smallest absolute Gasteiger partial charge is 0.333 e. The molecule has 0 aromatic heterocycles. The fraction of sp³-hybridized carbons (Fsp3) is 0.125. The molecule has 0 radical (unpaired) electrons. The van der Waals surface area contributed by atoms with Crippen LogP contribution in [0.4, 0.5) is 3.89 Å². The van der Waals surface area contributed by atoms with E-state index in [1.54, 1.807) is 6.07 Å². The first-order valence-electron chi connectivity index (χ1n) is 3.52. The lowest BCUT2D eigenvalue weighted by atomic mass is 10.2. The van der Waals surface area contributed by atoms with Crippen molar-refractivity contribution in [3.8, 4) is 11.8 Å². The first-order valence-corrected chi connectivity index (χ1v) is 4.90. The fourth-order valence-corrected chi connectivity index (χ4v) is 1.53. The molecule has 1 rings (SSSR count). The maximum absolute atomic E-state index is 12.6. The lowest BCUT2D eigenvalue weighted by Crippen LogP contribution is -1.96. The number of hydrogen-bond donors (Lipinski definition) is 0. The minimum absolute atomic E-state index is 0.271. The van der Waals surface area contributed by atoms with Crippen LogP contribution in [0.25, 0.3) is 0 Å². The van der Waals surface area contributed by atoms with E-state index < -0.39 is 15.1 Å². The predicted molar refractivity (Wildman–Crippen MR) is 46.0 cm³/mol. The van der Waals surface area contributed by atoms with Gasteiger partial charge in [0.25, 0.3) is 0 Å². The molecule has 6 heteroatoms. The highest BCUT2D eigenvalue weighted by atomic mass is 32.3. The minimum Gasteiger partial charge on any atom is -0.497 e. The molecule has 0 saturated carbocycles. The van der Waals surface area contributed by atoms with Gasteiger partial charge in [-0.2, -0.15) is 13.7 Å². The van der Waals surface area contributed by atoms with Gasteiger partial charge in [0, 0.05) is 0 Å². The standard InChI is InChI=1S/C8H6FNO3S/c1-13-7-2-3-8(14(9,11)12)6(4-7)5-10/h2-4H,1H3. The van der Waals surface area contributed by atoms with Crippen LogP contribution >= 0.6 is 0 Å². The van der Waals surface area contributed by atoms with Crippen LogP contribution in [0.15, 0.2) is 23.1 Å². The number of halogens is 1. The second-order valence-corrected chi connectivity index (χ2v) is 3.73. The average Bonchev–Trinajstić information content (AvgIpc) is 2.15. The monoisotopic (exact) mass is 215 g/mol. The number of ether oxygens (including phenoxy) is 1. The van der Waals surface area contributed by atoms with Crippen molar-refractivity contribution < 1.29 is 17.0 Å². The summed E-state index contributed by atoms with van der Waals surface area (Å²) in [6.07, 6.45) is 0. The molecule has 0 saturated heterocycles. The Labute approximate surface area is 80.8 Å². The van der Waals surface area contributed by atoms with E-state index in [2.05, 4.69) is 0 Å². The van der Waals surface area contributed by atoms with Crippen molar-refractivity contribution in [3.63, 3.8) is 0 Å². The molecule has 0 aliphatic heterocycles. The zero-order chi connectivity index (χ0) is 10.8. The normalized spacial score (nSPS) is 10.6. The summed E-state index contributed by atoms with van der Waals surface area (Å²) in [5.41, 5.74) is -0.271. The van der Waals surface area contributed by atoms with Gasteiger partial charge in [-0.25, -0.2) is 0 Å². The molecule has 74 valence electrons. The van der Waals surface area contributed by atoms with E-state index in [4.69, 9.17) is 10.00 Å². The summed E-state index contributed by atoms with van der Waals surface area (Å²) in [6, 6.07) is 5.00. The van der Waals surface area contributed by atoms with E-state index in [0.29, 0.717) is 5.75 Å². The Kier molecular flexibility index (Phi) is 2.72. The molecule has 1 aromatic carbocycles. The molecule has 14 heavy (non-hydrogen) atoms. The Morgan fingerprint density at radius 1 is 1.50 bits per heavy atom. The van der Waals surface area contributed by atoms with Gasteiger partial charge in [0.2, 0.25) is 0 Å². The molecule has 0 atom stereocenters. The zero-order valence-corrected chi connectivity index (χ0v) is 8.01. The number of nitriles is 1. The van der Waals surface area contributed by atoms with Gasteiger partial charge in [-0.1, -0.05) is 0 Å². The van der Waals surface area contributed by atoms with Gasteiger partial charge < -0.3 is 4.74 Å². The van der Waals surface area contributed by atoms with Gasteiger partial charge >= 0.3 is 10.2 Å². The molecule has 0 aliphatic carbocycles. The summed E-state index contributed by atoms with van der Waals surface area (Å²) in [5, 5.41) is 8.57. The first kappa shape index (κ1) is 10.5. The van der Waals surface area contributed by atoms with Gasteiger partial charge in [0.1, 0.15) is 16.7 Å². The highest BCUT2D eigenvalue weighted by Gasteiger charge is 2.17. The summed E-state index contributed by atoms with van der Waals surface area (Å²) < 4.78 is 38.4. The minimum atomic E-state index is -4.85. The fourth-order valence-electron chi connectivity index (χ4n) is 0.936. The molecule has 0 heterocycles. The Bertz CT molecular complexity index is 490. The Hall–Kier alpha value is -1.61. The first-order chi connectivity index (χ1) is 6.49. The summed E-state index contributed by atoms with van der Waals surface area (Å²) in [7, 11) is -3.49. The van der Waals surface area contributed by atoms with E-state index in [9.17, 15) is 12.3 Å². The lowest BCUT2D eigenvalue weighted by molar-refractivity contribution is 0.414. The van der Waals surface area contributed by atoms with Crippen LogP contribution in [0.1, 0.15) is 5.56 Å². The van der Waals surface area contributed by atoms with Crippen LogP contribution in [-0.2, 0) is 10.2 Å². The van der Waals surface area contributed by atoms with Gasteiger partial charge in [0.15, 0.2) is 0 Å². The third-order valence-corrected chi connectivity index (χ3v) is 2.45. The Morgan fingerprint density at radius 3 is 2.57 bits per heavy atom. The largest absolute Gasteiger partial charge is 0.497 e. The van der Waals surface area contributed by atoms with Crippen molar-refractivity contribution in [2.75, 3.05) is 7.11 Å². The summed E-state index contributed by atoms with van der Waals surface area (Å²) >= 11 is 0. The quantitative estimate of drug-likeness (QED) is 0.696. The van der Waals surface area contributed by atoms with E-state index in [1.165, 1.54) is 13.2 Å². The highest BCUT2D eigenvalue weighted by molar-refractivity contribution is 7.86. The van der Waals surface area contributed by atoms with Crippen molar-refractivity contribution in [3.05, 3.63) is 23.8 Å². The lowest BCUT2D eigenvalue weighted by Gasteiger charge is -2.01. The van der Waals surface area contributed by atoms with Gasteiger partial charge in [-0.3, -0.25) is 0 Å². The second kappa shape index (κ2) is 3.64. The van der Waals surface area contributed by atoms with Crippen molar-refractivity contribution in [1.29, 1.82) is 5.26 Å². The van der Waals surface area contributed by atoms with Crippen molar-refractivity contribution in [2.24, 2.45) is 0 Å². The number of nitrogens with zero attached hydrogens (tertiary/aromatic N) is 1. The second-order valence-electron chi connectivity index (χ2n) is 2.41. The molecule has 0 N–H and O–H groups in total. The molecular formula is C8H6FNO3S. The van der Waals surface area contributed by atoms with E-state index >= 15 is 0 Å². The van der Waals surface area contributed by atoms with Crippen LogP contribution in [0.3, 0.4) is 0 Å². The zero-order valence-electron chi connectivity index (χ0n) is 7.19. The van der Waals surface area contributed by atoms with Crippen molar-refractivity contribution in [1.82, 2.24) is 0 Å². The van der Waals surface area contributed by atoms with E-state index in [1.807, 2.05) is 0 Å². The van der Waals surface area contributed by atoms with Crippen LogP contribution in [0.5, 0.6) is 5.75 Å². The number of rotatable bonds is 2. The van der Waals surface area contributed by atoms with E-state index in [-0.39, 0.29) is 5.56 Å². The molecule has 0 bridgehead atoms. The molecule has 4 nitrogen and oxygen atoms in total. The van der Waals surface area contributed by atoms with Crippen LogP contribution in [-0.4, -0.2) is 15.5 Å². The molecule has 0 aliphatic rings. The maximum Gasteiger partial charge on any atom is 0.333 e. The summed E-state index contributed by atoms with van der Waals surface area (Å²) in [4.78, 5) is -0.638. The molecule has 0 amide bonds. The third kappa shape index (κ3) is 2.00. The number of benzene rings is 1. The van der Waals surface area contributed by atoms with Crippen LogP contribution in [0.2, 0.25) is 0 Å². The van der Waals surface area contributed by atoms with Gasteiger partial charge in [-0.15, -0.1) is 3.89 Å². The van der Waals surface area contributed by atoms with Gasteiger partial charge in [-0.05, 0) is 18.2 Å². The highest BCUT2D eigenvalue weighted by Crippen LogP contribution is 2.22. The maximum atomic E-state index is 12.6. The Balaban J connectivity index is 3.43. The van der Waals surface area contributed by atoms with Crippen molar-refractivity contribution in [2.45, 2.75) is 4.90 Å². The number of methoxy groups -OCH3 is 1. The molecular weight excluding hydrogens is 209 g/mol. The molecule has 0 fully saturated rings. The third-order valence-electron chi connectivity index (χ3n) is 1.57. The predicted octanol–water partition coefficient (Wildman–Crippen LogP) is 1.23. The topological polar surface area (TPSA) is 67.2 Å². The Morgan fingerprint density at radius 2 is 2.14 bits per heavy atom. The van der Waals surface area contributed by atoms with Crippen LogP contribution in [0, 0.1) is 11.3 Å². The van der Waals surface area contributed by atoms with Gasteiger partial charge in [0.05, 0.1) is 12.7 Å². The van der Waals surface area contributed by atoms with Crippen LogP contribution < -0.4 is 4.74 Å². The van der Waals surface area contributed by atoms with Crippen molar-refractivity contribution >= 4 is 10.2 Å². The summed E-state index contributed by atoms with van der Waals surface area (Å²) in [6.45, 7) is 0. The SMILES string of the molecule is COc1ccc(S(=O)(=O)F)c(C#N)c1. The molecule has 0 unspecified atom stereocenters. The average molecular weight is 215 g/mol. The van der Waals surface area contributed by atoms with E-state index in [0.717, 1.165) is 12.1 Å². The molecule has 0 spiro atoms. The molecule has 1 aromatic rings. The number of hydrogen-bond acceptors (Lipinski definition) is 4.